The maximum absolute atomic E-state index is 6.41. The van der Waals surface area contributed by atoms with Gasteiger partial charge in [0, 0.05) is 34.4 Å². The van der Waals surface area contributed by atoms with E-state index in [1.54, 1.807) is 7.11 Å². The molecule has 0 radical (unpaired) electrons. The van der Waals surface area contributed by atoms with E-state index in [2.05, 4.69) is 108 Å². The number of ether oxygens (including phenoxy) is 2. The third-order valence-corrected chi connectivity index (χ3v) is 7.89. The number of hydrogen-bond donors (Lipinski definition) is 0. The third-order valence-electron chi connectivity index (χ3n) is 7.89. The Labute approximate surface area is 252 Å². The molecule has 43 heavy (non-hydrogen) atoms. The number of hydrazone groups is 1. The molecule has 2 heterocycles. The first kappa shape index (κ1) is 26.4. The monoisotopic (exact) mass is 559 g/mol. The van der Waals surface area contributed by atoms with Crippen molar-refractivity contribution in [3.05, 3.63) is 185 Å². The highest BCUT2D eigenvalue weighted by atomic mass is 16.5. The van der Waals surface area contributed by atoms with Gasteiger partial charge in [0.05, 0.1) is 13.5 Å². The van der Waals surface area contributed by atoms with Crippen LogP contribution < -0.4 is 4.74 Å². The lowest BCUT2D eigenvalue weighted by atomic mass is 9.96. The third kappa shape index (κ3) is 5.55. The summed E-state index contributed by atoms with van der Waals surface area (Å²) >= 11 is 0. The fourth-order valence-corrected chi connectivity index (χ4v) is 5.61. The second kappa shape index (κ2) is 11.8. The predicted octanol–water partition coefficient (Wildman–Crippen LogP) is 8.53. The van der Waals surface area contributed by atoms with Crippen molar-refractivity contribution in [3.63, 3.8) is 0 Å². The standard InChI is InChI=1S/C39H31N2O2/c1-42-35-23-19-29(20-24-35)36-27-37(30-11-5-2-6-12-30)41(40-36)34-21-17-28(18-22-34)33-25-38(31-13-7-3-8-14-31)43-39(26-33)32-15-9-4-10-16-32/h2-26,37H,27H2,1H3/q+1. The summed E-state index contributed by atoms with van der Waals surface area (Å²) in [5, 5.41) is 5.15. The number of hydrogen-bond acceptors (Lipinski definition) is 3. The van der Waals surface area contributed by atoms with Crippen LogP contribution in [0.25, 0.3) is 11.5 Å². The van der Waals surface area contributed by atoms with E-state index in [1.165, 1.54) is 5.56 Å². The molecule has 1 unspecified atom stereocenters. The van der Waals surface area contributed by atoms with E-state index >= 15 is 0 Å². The van der Waals surface area contributed by atoms with Gasteiger partial charge in [-0.15, -0.1) is 0 Å². The maximum Gasteiger partial charge on any atom is 0.232 e. The van der Waals surface area contributed by atoms with Gasteiger partial charge in [-0.3, -0.25) is 0 Å². The Morgan fingerprint density at radius 1 is 0.628 bits per heavy atom. The molecular formula is C39H31N2O2+. The number of nitrogens with zero attached hydrogens (tertiary/aromatic N) is 2. The Kier molecular flexibility index (Phi) is 7.24. The lowest BCUT2D eigenvalue weighted by Crippen LogP contribution is -2.17. The molecular weight excluding hydrogens is 528 g/mol. The van der Waals surface area contributed by atoms with Crippen LogP contribution in [0.15, 0.2) is 168 Å². The highest BCUT2D eigenvalue weighted by molar-refractivity contribution is 6.05. The lowest BCUT2D eigenvalue weighted by molar-refractivity contribution is -0.566. The highest BCUT2D eigenvalue weighted by Crippen LogP contribution is 2.35. The largest absolute Gasteiger partial charge is 0.497 e. The molecule has 1 aliphatic carbocycles. The number of methoxy groups -OCH3 is 1. The first-order valence-electron chi connectivity index (χ1n) is 14.5. The van der Waals surface area contributed by atoms with Crippen LogP contribution in [0.1, 0.15) is 34.7 Å². The summed E-state index contributed by atoms with van der Waals surface area (Å²) in [5.41, 5.74) is 8.75. The van der Waals surface area contributed by atoms with Crippen LogP contribution in [-0.2, 0) is 4.74 Å². The summed E-state index contributed by atoms with van der Waals surface area (Å²) in [6.07, 6.45) is 13.8. The maximum atomic E-state index is 6.41. The molecule has 0 N–H and O–H groups in total. The lowest BCUT2D eigenvalue weighted by Gasteiger charge is -2.20. The Bertz CT molecular complexity index is 1780. The minimum Gasteiger partial charge on any atom is -0.497 e. The van der Waals surface area contributed by atoms with Gasteiger partial charge in [-0.05, 0) is 64.8 Å². The van der Waals surface area contributed by atoms with Crippen LogP contribution in [0, 0.1) is 0 Å². The van der Waals surface area contributed by atoms with E-state index in [0.29, 0.717) is 0 Å². The van der Waals surface area contributed by atoms with Crippen LogP contribution in [0.2, 0.25) is 0 Å². The average Bonchev–Trinajstić information content (AvgIpc) is 3.55. The molecule has 0 spiro atoms. The molecule has 7 rings (SSSR count). The minimum atomic E-state index is 0.106. The molecule has 0 fully saturated rings. The van der Waals surface area contributed by atoms with Crippen LogP contribution in [0.4, 0.5) is 0 Å². The van der Waals surface area contributed by atoms with Gasteiger partial charge in [-0.1, -0.05) is 95.7 Å². The summed E-state index contributed by atoms with van der Waals surface area (Å²) in [7, 11) is 1.69. The van der Waals surface area contributed by atoms with Crippen molar-refractivity contribution in [2.75, 3.05) is 7.11 Å². The molecule has 0 aromatic heterocycles. The zero-order valence-electron chi connectivity index (χ0n) is 23.9. The molecule has 0 bridgehead atoms. The van der Waals surface area contributed by atoms with Gasteiger partial charge in [-0.25, -0.2) is 0 Å². The first-order valence-corrected chi connectivity index (χ1v) is 14.5. The van der Waals surface area contributed by atoms with Crippen LogP contribution in [0.5, 0.6) is 5.75 Å². The minimum absolute atomic E-state index is 0.106. The fourth-order valence-electron chi connectivity index (χ4n) is 5.61. The number of benzene rings is 4. The van der Waals surface area contributed by atoms with E-state index < -0.39 is 0 Å². The highest BCUT2D eigenvalue weighted by Gasteiger charge is 2.36. The van der Waals surface area contributed by atoms with Crippen LogP contribution >= 0.6 is 0 Å². The summed E-state index contributed by atoms with van der Waals surface area (Å²) < 4.78 is 13.9. The predicted molar refractivity (Wildman–Crippen MR) is 174 cm³/mol. The topological polar surface area (TPSA) is 33.8 Å². The van der Waals surface area contributed by atoms with Gasteiger partial charge < -0.3 is 9.47 Å². The normalized spacial score (nSPS) is 17.8. The first-order chi connectivity index (χ1) is 21.2. The molecule has 4 aromatic rings. The van der Waals surface area contributed by atoms with Gasteiger partial charge in [0.15, 0.2) is 0 Å². The van der Waals surface area contributed by atoms with Gasteiger partial charge in [0.1, 0.15) is 23.0 Å². The summed E-state index contributed by atoms with van der Waals surface area (Å²) in [4.78, 5) is 0. The van der Waals surface area contributed by atoms with Crippen LogP contribution in [0.3, 0.4) is 0 Å². The zero-order chi connectivity index (χ0) is 29.0. The van der Waals surface area contributed by atoms with Gasteiger partial charge in [0.25, 0.3) is 0 Å². The van der Waals surface area contributed by atoms with Crippen molar-refractivity contribution >= 4 is 22.9 Å². The van der Waals surface area contributed by atoms with Crippen molar-refractivity contribution in [1.82, 2.24) is 0 Å². The van der Waals surface area contributed by atoms with Gasteiger partial charge in [-0.2, -0.15) is 0 Å². The summed E-state index contributed by atoms with van der Waals surface area (Å²) in [5.74, 6) is 2.51. The smallest absolute Gasteiger partial charge is 0.232 e. The molecule has 4 aromatic carbocycles. The van der Waals surface area contributed by atoms with Crippen molar-refractivity contribution in [1.29, 1.82) is 0 Å². The molecule has 4 nitrogen and oxygen atoms in total. The van der Waals surface area contributed by atoms with E-state index in [0.717, 1.165) is 62.9 Å². The molecule has 0 amide bonds. The second-order valence-corrected chi connectivity index (χ2v) is 10.6. The number of rotatable bonds is 5. The summed E-state index contributed by atoms with van der Waals surface area (Å²) in [6, 6.07) is 39.4. The summed E-state index contributed by atoms with van der Waals surface area (Å²) in [6.45, 7) is 0. The Balaban J connectivity index is 1.28. The molecule has 1 atom stereocenters. The fraction of sp³-hybridized carbons (Fsp3) is 0.0769. The van der Waals surface area contributed by atoms with E-state index in [4.69, 9.17) is 14.6 Å². The van der Waals surface area contributed by atoms with E-state index in [1.807, 2.05) is 48.5 Å². The zero-order valence-corrected chi connectivity index (χ0v) is 23.9. The van der Waals surface area contributed by atoms with E-state index in [9.17, 15) is 0 Å². The molecule has 2 aliphatic heterocycles. The van der Waals surface area contributed by atoms with Gasteiger partial charge >= 0.3 is 0 Å². The molecule has 208 valence electrons. The van der Waals surface area contributed by atoms with E-state index in [-0.39, 0.29) is 6.04 Å². The average molecular weight is 560 g/mol. The van der Waals surface area contributed by atoms with Crippen molar-refractivity contribution in [3.8, 4) is 5.75 Å². The van der Waals surface area contributed by atoms with Crippen molar-refractivity contribution in [2.24, 2.45) is 5.10 Å². The Hall–Kier alpha value is -5.48. The number of allylic oxidation sites excluding steroid dienone is 8. The molecule has 0 saturated heterocycles. The Morgan fingerprint density at radius 2 is 1.19 bits per heavy atom. The molecule has 3 aliphatic rings. The quantitative estimate of drug-likeness (QED) is 0.230. The second-order valence-electron chi connectivity index (χ2n) is 10.6. The SMILES string of the molecule is COc1ccc(C2=N[N+](=C3C=CC(=C4C=C(c5ccccc5)OC(c5ccccc5)=C4)C=C3)C(c3ccccc3)C2)cc1. The Morgan fingerprint density at radius 3 is 1.74 bits per heavy atom. The molecule has 4 heteroatoms. The molecule has 0 saturated carbocycles. The van der Waals surface area contributed by atoms with Crippen molar-refractivity contribution < 1.29 is 14.2 Å². The van der Waals surface area contributed by atoms with Crippen molar-refractivity contribution in [2.45, 2.75) is 12.5 Å². The van der Waals surface area contributed by atoms with Gasteiger partial charge in [0.2, 0.25) is 11.8 Å². The van der Waals surface area contributed by atoms with Crippen LogP contribution in [-0.4, -0.2) is 23.2 Å².